The van der Waals surface area contributed by atoms with Gasteiger partial charge in [-0.25, -0.2) is 0 Å². The average molecular weight is 275 g/mol. The zero-order chi connectivity index (χ0) is 14.5. The summed E-state index contributed by atoms with van der Waals surface area (Å²) in [7, 11) is 1.45. The number of ketones is 1. The van der Waals surface area contributed by atoms with E-state index in [2.05, 4.69) is 5.32 Å². The highest BCUT2D eigenvalue weighted by Crippen LogP contribution is 2.27. The predicted octanol–water partition coefficient (Wildman–Crippen LogP) is 3.03. The monoisotopic (exact) mass is 275 g/mol. The molecule has 0 saturated heterocycles. The molecule has 20 heavy (non-hydrogen) atoms. The quantitative estimate of drug-likeness (QED) is 0.678. The van der Waals surface area contributed by atoms with Crippen LogP contribution in [0.4, 0.5) is 5.69 Å². The fourth-order valence-electron chi connectivity index (χ4n) is 2.68. The highest BCUT2D eigenvalue weighted by atomic mass is 16.5. The van der Waals surface area contributed by atoms with Crippen LogP contribution < -0.4 is 5.32 Å². The minimum atomic E-state index is -0.0886. The van der Waals surface area contributed by atoms with Gasteiger partial charge in [-0.2, -0.15) is 0 Å². The maximum Gasteiger partial charge on any atom is 0.308 e. The molecule has 1 N–H and O–H groups in total. The van der Waals surface area contributed by atoms with Crippen molar-refractivity contribution >= 4 is 17.4 Å². The second-order valence-corrected chi connectivity index (χ2v) is 5.35. The number of esters is 1. The summed E-state index contributed by atoms with van der Waals surface area (Å²) >= 11 is 0. The molecule has 0 aromatic heterocycles. The van der Waals surface area contributed by atoms with Crippen LogP contribution >= 0.6 is 0 Å². The molecule has 1 aliphatic carbocycles. The predicted molar refractivity (Wildman–Crippen MR) is 77.8 cm³/mol. The van der Waals surface area contributed by atoms with Crippen molar-refractivity contribution in [3.63, 3.8) is 0 Å². The normalized spacial score (nSPS) is 22.1. The van der Waals surface area contributed by atoms with Gasteiger partial charge in [0.1, 0.15) is 0 Å². The van der Waals surface area contributed by atoms with E-state index >= 15 is 0 Å². The lowest BCUT2D eigenvalue weighted by atomic mass is 9.86. The maximum absolute atomic E-state index is 11.5. The molecule has 1 aliphatic rings. The summed E-state index contributed by atoms with van der Waals surface area (Å²) in [5.74, 6) is 0.0440. The van der Waals surface area contributed by atoms with Crippen LogP contribution in [0.1, 0.15) is 43.0 Å². The van der Waals surface area contributed by atoms with Crippen LogP contribution in [0.5, 0.6) is 0 Å². The van der Waals surface area contributed by atoms with Gasteiger partial charge in [0, 0.05) is 17.3 Å². The van der Waals surface area contributed by atoms with Crippen LogP contribution in [0, 0.1) is 5.92 Å². The Morgan fingerprint density at radius 2 is 1.70 bits per heavy atom. The molecule has 0 atom stereocenters. The number of hydrogen-bond donors (Lipinski definition) is 1. The van der Waals surface area contributed by atoms with Gasteiger partial charge in [0.15, 0.2) is 5.78 Å². The van der Waals surface area contributed by atoms with Crippen LogP contribution in [0.2, 0.25) is 0 Å². The first-order chi connectivity index (χ1) is 9.60. The number of Topliss-reactive ketones (excluding diaryl/α,β-unsaturated/α-hetero) is 1. The minimum absolute atomic E-state index is 0.0538. The number of carbonyl (C=O) groups excluding carboxylic acids is 2. The number of methoxy groups -OCH3 is 1. The van der Waals surface area contributed by atoms with Crippen molar-refractivity contribution in [2.75, 3.05) is 12.4 Å². The third kappa shape index (κ3) is 3.59. The van der Waals surface area contributed by atoms with E-state index in [4.69, 9.17) is 4.74 Å². The van der Waals surface area contributed by atoms with Gasteiger partial charge in [0.25, 0.3) is 0 Å². The second kappa shape index (κ2) is 6.55. The first-order valence-corrected chi connectivity index (χ1v) is 7.05. The van der Waals surface area contributed by atoms with Gasteiger partial charge in [0.2, 0.25) is 0 Å². The molecule has 0 heterocycles. The second-order valence-electron chi connectivity index (χ2n) is 5.35. The molecule has 1 fully saturated rings. The first kappa shape index (κ1) is 14.6. The molecule has 0 aliphatic heterocycles. The summed E-state index contributed by atoms with van der Waals surface area (Å²) in [6, 6.07) is 7.93. The van der Waals surface area contributed by atoms with E-state index < -0.39 is 0 Å². The van der Waals surface area contributed by atoms with Crippen molar-refractivity contribution in [2.24, 2.45) is 5.92 Å². The number of nitrogens with one attached hydrogen (secondary N) is 1. The van der Waals surface area contributed by atoms with Gasteiger partial charge in [-0.15, -0.1) is 0 Å². The Labute approximate surface area is 119 Å². The lowest BCUT2D eigenvalue weighted by molar-refractivity contribution is -0.146. The molecule has 4 heteroatoms. The molecule has 108 valence electrons. The summed E-state index contributed by atoms with van der Waals surface area (Å²) in [5.41, 5.74) is 1.75. The molecule has 1 aromatic carbocycles. The number of carbonyl (C=O) groups is 2. The Kier molecular flexibility index (Phi) is 4.77. The minimum Gasteiger partial charge on any atom is -0.469 e. The topological polar surface area (TPSA) is 55.4 Å². The summed E-state index contributed by atoms with van der Waals surface area (Å²) in [6.45, 7) is 1.57. The zero-order valence-corrected chi connectivity index (χ0v) is 12.0. The van der Waals surface area contributed by atoms with Crippen LogP contribution in [0.15, 0.2) is 24.3 Å². The molecule has 0 radical (unpaired) electrons. The van der Waals surface area contributed by atoms with Gasteiger partial charge in [-0.05, 0) is 56.9 Å². The van der Waals surface area contributed by atoms with Crippen LogP contribution in [-0.2, 0) is 9.53 Å². The molecule has 0 spiro atoms. The van der Waals surface area contributed by atoms with Gasteiger partial charge >= 0.3 is 5.97 Å². The molecular weight excluding hydrogens is 254 g/mol. The fraction of sp³-hybridized carbons (Fsp3) is 0.500. The Morgan fingerprint density at radius 3 is 2.20 bits per heavy atom. The van der Waals surface area contributed by atoms with Crippen molar-refractivity contribution in [2.45, 2.75) is 38.6 Å². The fourth-order valence-corrected chi connectivity index (χ4v) is 2.68. The smallest absolute Gasteiger partial charge is 0.308 e. The third-order valence-electron chi connectivity index (χ3n) is 3.92. The lowest BCUT2D eigenvalue weighted by Gasteiger charge is -2.28. The lowest BCUT2D eigenvalue weighted by Crippen LogP contribution is -2.29. The molecular formula is C16H21NO3. The molecule has 1 aromatic rings. The van der Waals surface area contributed by atoms with Crippen LogP contribution in [-0.4, -0.2) is 24.9 Å². The van der Waals surface area contributed by atoms with E-state index in [-0.39, 0.29) is 17.7 Å². The maximum atomic E-state index is 11.5. The Hall–Kier alpha value is -1.84. The van der Waals surface area contributed by atoms with E-state index in [1.54, 1.807) is 6.92 Å². The Bertz CT molecular complexity index is 473. The van der Waals surface area contributed by atoms with Crippen molar-refractivity contribution in [3.8, 4) is 0 Å². The SMILES string of the molecule is COC(=O)C1CCC(Nc2ccc(C(C)=O)cc2)CC1. The van der Waals surface area contributed by atoms with E-state index in [0.717, 1.165) is 36.9 Å². The third-order valence-corrected chi connectivity index (χ3v) is 3.92. The van der Waals surface area contributed by atoms with E-state index in [0.29, 0.717) is 6.04 Å². The molecule has 0 amide bonds. The molecule has 0 bridgehead atoms. The van der Waals surface area contributed by atoms with Crippen molar-refractivity contribution < 1.29 is 14.3 Å². The van der Waals surface area contributed by atoms with Gasteiger partial charge < -0.3 is 10.1 Å². The molecule has 4 nitrogen and oxygen atoms in total. The van der Waals surface area contributed by atoms with Gasteiger partial charge in [-0.1, -0.05) is 0 Å². The number of ether oxygens (including phenoxy) is 1. The van der Waals surface area contributed by atoms with Crippen molar-refractivity contribution in [1.29, 1.82) is 0 Å². The largest absolute Gasteiger partial charge is 0.469 e. The standard InChI is InChI=1S/C16H21NO3/c1-11(18)12-3-7-14(8-4-12)17-15-9-5-13(6-10-15)16(19)20-2/h3-4,7-8,13,15,17H,5-6,9-10H2,1-2H3. The molecule has 2 rings (SSSR count). The highest BCUT2D eigenvalue weighted by Gasteiger charge is 2.26. The summed E-state index contributed by atoms with van der Waals surface area (Å²) < 4.78 is 4.79. The summed E-state index contributed by atoms with van der Waals surface area (Å²) in [6.07, 6.45) is 3.67. The van der Waals surface area contributed by atoms with Crippen LogP contribution in [0.25, 0.3) is 0 Å². The molecule has 1 saturated carbocycles. The Balaban J connectivity index is 1.86. The number of hydrogen-bond acceptors (Lipinski definition) is 4. The van der Waals surface area contributed by atoms with Crippen LogP contribution in [0.3, 0.4) is 0 Å². The number of anilines is 1. The molecule has 0 unspecified atom stereocenters. The van der Waals surface area contributed by atoms with Crippen molar-refractivity contribution in [3.05, 3.63) is 29.8 Å². The van der Waals surface area contributed by atoms with E-state index in [1.165, 1.54) is 7.11 Å². The average Bonchev–Trinajstić information content (AvgIpc) is 2.48. The zero-order valence-electron chi connectivity index (χ0n) is 12.0. The summed E-state index contributed by atoms with van der Waals surface area (Å²) in [4.78, 5) is 22.7. The highest BCUT2D eigenvalue weighted by molar-refractivity contribution is 5.94. The first-order valence-electron chi connectivity index (χ1n) is 7.05. The van der Waals surface area contributed by atoms with E-state index in [9.17, 15) is 9.59 Å². The summed E-state index contributed by atoms with van der Waals surface area (Å²) in [5, 5.41) is 3.46. The number of rotatable bonds is 4. The van der Waals surface area contributed by atoms with Gasteiger partial charge in [-0.3, -0.25) is 9.59 Å². The Morgan fingerprint density at radius 1 is 1.10 bits per heavy atom. The van der Waals surface area contributed by atoms with Gasteiger partial charge in [0.05, 0.1) is 13.0 Å². The number of benzene rings is 1. The van der Waals surface area contributed by atoms with E-state index in [1.807, 2.05) is 24.3 Å². The van der Waals surface area contributed by atoms with Crippen molar-refractivity contribution in [1.82, 2.24) is 0 Å².